The first-order chi connectivity index (χ1) is 20.1. The number of esters is 2. The molecule has 7 heteroatoms. The van der Waals surface area contributed by atoms with Crippen LogP contribution in [0.25, 0.3) is 0 Å². The molecule has 0 aromatic heterocycles. The molecular formula is C36H53N3O4. The van der Waals surface area contributed by atoms with Gasteiger partial charge in [-0.3, -0.25) is 9.59 Å². The van der Waals surface area contributed by atoms with Gasteiger partial charge in [-0.2, -0.15) is 0 Å². The minimum Gasteiger partial charge on any atom is -0.422 e. The van der Waals surface area contributed by atoms with E-state index in [0.29, 0.717) is 35.8 Å². The number of aliphatic imine (C=N–C) groups is 1. The number of amidine groups is 1. The van der Waals surface area contributed by atoms with Crippen LogP contribution in [0.5, 0.6) is 0 Å². The zero-order chi connectivity index (χ0) is 31.9. The molecule has 43 heavy (non-hydrogen) atoms. The van der Waals surface area contributed by atoms with Gasteiger partial charge in [-0.15, -0.1) is 0 Å². The van der Waals surface area contributed by atoms with Crippen LogP contribution in [-0.2, 0) is 32.0 Å². The highest BCUT2D eigenvalue weighted by atomic mass is 16.7. The second-order valence-corrected chi connectivity index (χ2v) is 13.8. The average Bonchev–Trinajstić information content (AvgIpc) is 2.89. The molecule has 1 aliphatic rings. The van der Waals surface area contributed by atoms with E-state index >= 15 is 0 Å². The van der Waals surface area contributed by atoms with Crippen molar-refractivity contribution in [3.05, 3.63) is 59.7 Å². The van der Waals surface area contributed by atoms with Crippen molar-refractivity contribution >= 4 is 29.1 Å². The van der Waals surface area contributed by atoms with Gasteiger partial charge >= 0.3 is 11.9 Å². The van der Waals surface area contributed by atoms with Crippen LogP contribution in [0.2, 0.25) is 0 Å². The molecule has 1 fully saturated rings. The Morgan fingerprint density at radius 2 is 1.30 bits per heavy atom. The fraction of sp³-hybridized carbons (Fsp3) is 0.583. The van der Waals surface area contributed by atoms with Crippen LogP contribution in [-0.4, -0.2) is 48.6 Å². The molecule has 3 rings (SSSR count). The third kappa shape index (κ3) is 10.1. The molecule has 0 N–H and O–H groups in total. The Bertz CT molecular complexity index is 1200. The van der Waals surface area contributed by atoms with Crippen molar-refractivity contribution in [2.75, 3.05) is 19.0 Å². The molecule has 0 spiro atoms. The molecule has 0 bridgehead atoms. The average molecular weight is 592 g/mol. The molecule has 0 aliphatic carbocycles. The van der Waals surface area contributed by atoms with E-state index in [-0.39, 0.29) is 6.04 Å². The second kappa shape index (κ2) is 14.9. The smallest absolute Gasteiger partial charge is 0.331 e. The SMILES string of the molecule is CC(C)CCc1ccc(CN(C(=Nc2ccc(N(C)C)cc2)C2C(=O)OC(C)(C)OC2=O)C(CC(C)C)CC(C)C)cc1. The lowest BCUT2D eigenvalue weighted by atomic mass is 9.92. The van der Waals surface area contributed by atoms with Crippen LogP contribution in [0.1, 0.15) is 85.8 Å². The van der Waals surface area contributed by atoms with Crippen molar-refractivity contribution in [1.82, 2.24) is 4.90 Å². The second-order valence-electron chi connectivity index (χ2n) is 13.8. The number of hydrogen-bond donors (Lipinski definition) is 0. The Hall–Kier alpha value is -3.35. The third-order valence-electron chi connectivity index (χ3n) is 7.64. The monoisotopic (exact) mass is 591 g/mol. The molecular weight excluding hydrogens is 538 g/mol. The zero-order valence-corrected chi connectivity index (χ0v) is 28.0. The maximum Gasteiger partial charge on any atom is 0.331 e. The highest BCUT2D eigenvalue weighted by Crippen LogP contribution is 2.31. The van der Waals surface area contributed by atoms with Gasteiger partial charge in [0, 0.05) is 46.2 Å². The van der Waals surface area contributed by atoms with Gasteiger partial charge in [-0.05, 0) is 78.8 Å². The van der Waals surface area contributed by atoms with Gasteiger partial charge in [0.25, 0.3) is 5.79 Å². The maximum atomic E-state index is 13.6. The van der Waals surface area contributed by atoms with E-state index in [1.54, 1.807) is 13.8 Å². The molecule has 236 valence electrons. The van der Waals surface area contributed by atoms with Gasteiger partial charge in [-0.1, -0.05) is 65.8 Å². The van der Waals surface area contributed by atoms with Gasteiger partial charge in [0.05, 0.1) is 5.69 Å². The van der Waals surface area contributed by atoms with Gasteiger partial charge in [0.1, 0.15) is 5.84 Å². The Labute approximate surface area is 259 Å². The molecule has 0 radical (unpaired) electrons. The number of carbonyl (C=O) groups is 2. The summed E-state index contributed by atoms with van der Waals surface area (Å²) in [4.78, 5) is 36.4. The minimum atomic E-state index is -1.32. The van der Waals surface area contributed by atoms with Crippen LogP contribution < -0.4 is 4.90 Å². The molecule has 0 amide bonds. The van der Waals surface area contributed by atoms with E-state index in [2.05, 4.69) is 70.7 Å². The molecule has 0 saturated carbocycles. The third-order valence-corrected chi connectivity index (χ3v) is 7.64. The lowest BCUT2D eigenvalue weighted by molar-refractivity contribution is -0.236. The van der Waals surface area contributed by atoms with E-state index in [4.69, 9.17) is 14.5 Å². The maximum absolute atomic E-state index is 13.6. The number of rotatable bonds is 13. The van der Waals surface area contributed by atoms with Gasteiger partial charge < -0.3 is 19.3 Å². The molecule has 1 saturated heterocycles. The summed E-state index contributed by atoms with van der Waals surface area (Å²) in [5, 5.41) is 0. The van der Waals surface area contributed by atoms with Crippen LogP contribution in [0.3, 0.4) is 0 Å². The summed E-state index contributed by atoms with van der Waals surface area (Å²) in [5.74, 6) is -2.06. The van der Waals surface area contributed by atoms with Crippen LogP contribution in [0.15, 0.2) is 53.5 Å². The lowest BCUT2D eigenvalue weighted by Crippen LogP contribution is -2.54. The molecule has 0 atom stereocenters. The molecule has 7 nitrogen and oxygen atoms in total. The first-order valence-electron chi connectivity index (χ1n) is 15.8. The molecule has 2 aromatic carbocycles. The normalized spacial score (nSPS) is 15.8. The Morgan fingerprint density at radius 1 is 0.791 bits per heavy atom. The van der Waals surface area contributed by atoms with Gasteiger partial charge in [0.15, 0.2) is 0 Å². The predicted molar refractivity (Wildman–Crippen MR) is 175 cm³/mol. The van der Waals surface area contributed by atoms with Crippen molar-refractivity contribution < 1.29 is 19.1 Å². The van der Waals surface area contributed by atoms with E-state index < -0.39 is 23.6 Å². The summed E-state index contributed by atoms with van der Waals surface area (Å²) in [6.07, 6.45) is 3.94. The van der Waals surface area contributed by atoms with Gasteiger partial charge in [-0.25, -0.2) is 4.99 Å². The summed E-state index contributed by atoms with van der Waals surface area (Å²) in [5.41, 5.74) is 4.10. The number of benzene rings is 2. The van der Waals surface area contributed by atoms with Crippen LogP contribution in [0.4, 0.5) is 11.4 Å². The number of ether oxygens (including phenoxy) is 2. The van der Waals surface area contributed by atoms with Crippen molar-refractivity contribution in [2.45, 2.75) is 99.4 Å². The first kappa shape index (κ1) is 34.1. The summed E-state index contributed by atoms with van der Waals surface area (Å²) < 4.78 is 11.3. The fourth-order valence-electron chi connectivity index (χ4n) is 5.48. The number of anilines is 1. The predicted octanol–water partition coefficient (Wildman–Crippen LogP) is 7.79. The number of carbonyl (C=O) groups excluding carboxylic acids is 2. The fourth-order valence-corrected chi connectivity index (χ4v) is 5.48. The minimum absolute atomic E-state index is 0.0379. The quantitative estimate of drug-likeness (QED) is 0.103. The van der Waals surface area contributed by atoms with Crippen molar-refractivity contribution in [3.8, 4) is 0 Å². The molecule has 2 aromatic rings. The molecule has 0 unspecified atom stereocenters. The summed E-state index contributed by atoms with van der Waals surface area (Å²) in [6, 6.07) is 16.5. The van der Waals surface area contributed by atoms with E-state index in [0.717, 1.165) is 36.9 Å². The number of cyclic esters (lactones) is 2. The number of nitrogens with zero attached hydrogens (tertiary/aromatic N) is 3. The highest BCUT2D eigenvalue weighted by molar-refractivity contribution is 6.17. The summed E-state index contributed by atoms with van der Waals surface area (Å²) in [7, 11) is 3.97. The zero-order valence-electron chi connectivity index (χ0n) is 28.0. The van der Waals surface area contributed by atoms with Crippen LogP contribution in [0, 0.1) is 23.7 Å². The van der Waals surface area contributed by atoms with Crippen molar-refractivity contribution in [2.24, 2.45) is 28.7 Å². The van der Waals surface area contributed by atoms with E-state index in [9.17, 15) is 9.59 Å². The Morgan fingerprint density at radius 3 is 1.77 bits per heavy atom. The summed E-state index contributed by atoms with van der Waals surface area (Å²) >= 11 is 0. The number of aryl methyl sites for hydroxylation is 1. The molecule has 1 heterocycles. The topological polar surface area (TPSA) is 71.4 Å². The van der Waals surface area contributed by atoms with Crippen LogP contribution >= 0.6 is 0 Å². The molecule has 1 aliphatic heterocycles. The highest BCUT2D eigenvalue weighted by Gasteiger charge is 2.48. The largest absolute Gasteiger partial charge is 0.422 e. The Balaban J connectivity index is 2.16. The van der Waals surface area contributed by atoms with E-state index in [1.807, 2.05) is 43.3 Å². The van der Waals surface area contributed by atoms with Crippen molar-refractivity contribution in [3.63, 3.8) is 0 Å². The van der Waals surface area contributed by atoms with Crippen molar-refractivity contribution in [1.29, 1.82) is 0 Å². The first-order valence-corrected chi connectivity index (χ1v) is 15.8. The Kier molecular flexibility index (Phi) is 11.8. The summed E-state index contributed by atoms with van der Waals surface area (Å²) in [6.45, 7) is 17.0. The van der Waals surface area contributed by atoms with Gasteiger partial charge in [0.2, 0.25) is 5.92 Å². The standard InChI is InChI=1S/C36H53N3O4/c1-24(2)11-12-27-13-15-28(16-14-27)23-39(31(21-25(3)4)22-26(5)6)33(32-34(40)42-36(7,8)43-35(32)41)37-29-17-19-30(20-18-29)38(9)10/h13-20,24-26,31-32H,11-12,21-23H2,1-10H3. The number of hydrogen-bond acceptors (Lipinski definition) is 6. The van der Waals surface area contributed by atoms with E-state index in [1.165, 1.54) is 5.56 Å². The lowest BCUT2D eigenvalue weighted by Gasteiger charge is -2.40.